The first-order valence-electron chi connectivity index (χ1n) is 10.8. The molecular formula is C23H28N6O3. The summed E-state index contributed by atoms with van der Waals surface area (Å²) in [6.45, 7) is 9.89. The number of carbonyl (C=O) groups is 1. The molecule has 1 aromatic carbocycles. The van der Waals surface area contributed by atoms with E-state index in [1.54, 1.807) is 41.3 Å². The van der Waals surface area contributed by atoms with Crippen LogP contribution in [0.3, 0.4) is 0 Å². The van der Waals surface area contributed by atoms with Crippen molar-refractivity contribution in [3.05, 3.63) is 68.5 Å². The molecule has 0 unspecified atom stereocenters. The van der Waals surface area contributed by atoms with Gasteiger partial charge in [0.15, 0.2) is 5.69 Å². The molecule has 1 aliphatic heterocycles. The van der Waals surface area contributed by atoms with Crippen LogP contribution in [0.25, 0.3) is 10.8 Å². The van der Waals surface area contributed by atoms with Gasteiger partial charge in [-0.15, -0.1) is 0 Å². The zero-order valence-corrected chi connectivity index (χ0v) is 18.7. The molecule has 3 aromatic rings. The van der Waals surface area contributed by atoms with Crippen LogP contribution in [0.1, 0.15) is 37.0 Å². The summed E-state index contributed by atoms with van der Waals surface area (Å²) in [5, 5.41) is 12.0. The van der Waals surface area contributed by atoms with E-state index in [0.717, 1.165) is 5.69 Å². The normalized spacial score (nSPS) is 15.3. The zero-order chi connectivity index (χ0) is 22.9. The van der Waals surface area contributed by atoms with E-state index in [-0.39, 0.29) is 28.1 Å². The number of hydrogen-bond acceptors (Lipinski definition) is 6. The van der Waals surface area contributed by atoms with Gasteiger partial charge in [-0.3, -0.25) is 19.3 Å². The van der Waals surface area contributed by atoms with Crippen molar-refractivity contribution in [3.8, 4) is 0 Å². The number of aromatic amines is 1. The van der Waals surface area contributed by atoms with Crippen LogP contribution in [-0.2, 0) is 12.0 Å². The van der Waals surface area contributed by atoms with Crippen LogP contribution in [0.5, 0.6) is 0 Å². The lowest BCUT2D eigenvalue weighted by molar-refractivity contribution is 0.0626. The third-order valence-electron chi connectivity index (χ3n) is 5.82. The van der Waals surface area contributed by atoms with Crippen molar-refractivity contribution >= 4 is 16.7 Å². The van der Waals surface area contributed by atoms with Gasteiger partial charge in [-0.2, -0.15) is 10.2 Å². The Balaban J connectivity index is 1.39. The van der Waals surface area contributed by atoms with Gasteiger partial charge in [-0.25, -0.2) is 9.78 Å². The minimum Gasteiger partial charge on any atom is -0.335 e. The molecule has 4 rings (SSSR count). The van der Waals surface area contributed by atoms with Crippen LogP contribution < -0.4 is 11.1 Å². The minimum absolute atomic E-state index is 0.108. The van der Waals surface area contributed by atoms with Crippen molar-refractivity contribution in [2.75, 3.05) is 32.7 Å². The second-order valence-corrected chi connectivity index (χ2v) is 9.11. The van der Waals surface area contributed by atoms with Crippen LogP contribution in [0.2, 0.25) is 0 Å². The van der Waals surface area contributed by atoms with Crippen LogP contribution in [-0.4, -0.2) is 68.4 Å². The number of nitrogens with one attached hydrogen (secondary N) is 1. The van der Waals surface area contributed by atoms with Crippen LogP contribution in [0, 0.1) is 0 Å². The molecular weight excluding hydrogens is 408 g/mol. The first-order chi connectivity index (χ1) is 15.2. The van der Waals surface area contributed by atoms with E-state index in [2.05, 4.69) is 41.0 Å². The van der Waals surface area contributed by atoms with Crippen LogP contribution in [0.4, 0.5) is 0 Å². The molecule has 1 fully saturated rings. The van der Waals surface area contributed by atoms with Crippen molar-refractivity contribution < 1.29 is 4.79 Å². The average Bonchev–Trinajstić information content (AvgIpc) is 2.78. The number of carbonyl (C=O) groups excluding carboxylic acids is 1. The summed E-state index contributed by atoms with van der Waals surface area (Å²) in [5.74, 6) is -0.187. The summed E-state index contributed by atoms with van der Waals surface area (Å²) in [5.41, 5.74) is 0.613. The number of benzene rings is 1. The fraction of sp³-hybridized carbons (Fsp3) is 0.435. The van der Waals surface area contributed by atoms with Crippen molar-refractivity contribution in [3.63, 3.8) is 0 Å². The van der Waals surface area contributed by atoms with Crippen molar-refractivity contribution in [1.29, 1.82) is 0 Å². The largest absolute Gasteiger partial charge is 0.335 e. The lowest BCUT2D eigenvalue weighted by Crippen LogP contribution is -2.50. The van der Waals surface area contributed by atoms with Gasteiger partial charge in [0.1, 0.15) is 0 Å². The van der Waals surface area contributed by atoms with Gasteiger partial charge in [0, 0.05) is 49.6 Å². The zero-order valence-electron chi connectivity index (χ0n) is 18.7. The molecule has 1 amide bonds. The molecule has 9 heteroatoms. The highest BCUT2D eigenvalue weighted by Gasteiger charge is 2.25. The van der Waals surface area contributed by atoms with E-state index < -0.39 is 0 Å². The maximum absolute atomic E-state index is 13.1. The Morgan fingerprint density at radius 2 is 1.66 bits per heavy atom. The Kier molecular flexibility index (Phi) is 5.92. The van der Waals surface area contributed by atoms with Gasteiger partial charge in [-0.05, 0) is 12.1 Å². The topological polar surface area (TPSA) is 104 Å². The fourth-order valence-corrected chi connectivity index (χ4v) is 3.85. The van der Waals surface area contributed by atoms with Crippen LogP contribution >= 0.6 is 0 Å². The van der Waals surface area contributed by atoms with Crippen molar-refractivity contribution in [2.45, 2.75) is 32.7 Å². The second-order valence-electron chi connectivity index (χ2n) is 9.11. The van der Waals surface area contributed by atoms with Crippen LogP contribution in [0.15, 0.2) is 46.0 Å². The van der Waals surface area contributed by atoms with Gasteiger partial charge in [0.05, 0.1) is 17.6 Å². The lowest BCUT2D eigenvalue weighted by atomic mass is 9.92. The number of piperazine rings is 1. The first-order valence-corrected chi connectivity index (χ1v) is 10.8. The number of H-pyrrole nitrogens is 1. The van der Waals surface area contributed by atoms with E-state index in [1.807, 2.05) is 0 Å². The van der Waals surface area contributed by atoms with E-state index >= 15 is 0 Å². The molecule has 0 saturated carbocycles. The quantitative estimate of drug-likeness (QED) is 0.660. The van der Waals surface area contributed by atoms with Gasteiger partial charge >= 0.3 is 0 Å². The molecule has 2 aromatic heterocycles. The molecule has 0 spiro atoms. The molecule has 3 heterocycles. The molecule has 1 aliphatic rings. The number of hydrogen-bond donors (Lipinski definition) is 1. The number of rotatable bonds is 4. The number of fused-ring (bicyclic) bond motifs is 1. The number of amides is 1. The molecule has 0 atom stereocenters. The Bertz CT molecular complexity index is 1250. The number of nitrogens with zero attached hydrogens (tertiary/aromatic N) is 5. The average molecular weight is 437 g/mol. The Labute approximate surface area is 185 Å². The maximum atomic E-state index is 13.1. The molecule has 168 valence electrons. The monoisotopic (exact) mass is 436 g/mol. The molecule has 0 radical (unpaired) electrons. The maximum Gasteiger partial charge on any atom is 0.275 e. The minimum atomic E-state index is -0.304. The molecule has 1 saturated heterocycles. The molecule has 32 heavy (non-hydrogen) atoms. The smallest absolute Gasteiger partial charge is 0.275 e. The summed E-state index contributed by atoms with van der Waals surface area (Å²) in [6, 6.07) is 10.4. The third-order valence-corrected chi connectivity index (χ3v) is 5.82. The molecule has 0 bridgehead atoms. The van der Waals surface area contributed by atoms with Crippen molar-refractivity contribution in [2.24, 2.45) is 0 Å². The third kappa shape index (κ3) is 4.47. The highest BCUT2D eigenvalue weighted by Crippen LogP contribution is 2.18. The van der Waals surface area contributed by atoms with Gasteiger partial charge in [-0.1, -0.05) is 39.0 Å². The summed E-state index contributed by atoms with van der Waals surface area (Å²) in [4.78, 5) is 41.2. The molecule has 9 nitrogen and oxygen atoms in total. The Morgan fingerprint density at radius 3 is 2.34 bits per heavy atom. The van der Waals surface area contributed by atoms with E-state index in [9.17, 15) is 14.4 Å². The molecule has 0 aliphatic carbocycles. The standard InChI is InChI=1S/C23H28N6O3/c1-23(2,3)18-8-9-19(30)29(26-18)15-12-27-10-13-28(14-11-27)22(32)20-16-6-4-5-7-17(16)21(31)25-24-20/h4-9H,10-15H2,1-3H3,(H,25,31). The first kappa shape index (κ1) is 21.9. The number of aromatic nitrogens is 4. The lowest BCUT2D eigenvalue weighted by Gasteiger charge is -2.34. The second kappa shape index (κ2) is 8.66. The Hall–Kier alpha value is -3.33. The van der Waals surface area contributed by atoms with E-state index in [4.69, 9.17) is 0 Å². The highest BCUT2D eigenvalue weighted by atomic mass is 16.2. The summed E-state index contributed by atoms with van der Waals surface area (Å²) in [7, 11) is 0. The SMILES string of the molecule is CC(C)(C)c1ccc(=O)n(CCN2CCN(C(=O)c3n[nH]c(=O)c4ccccc34)CC2)n1. The van der Waals surface area contributed by atoms with E-state index in [0.29, 0.717) is 50.0 Å². The fourth-order valence-electron chi connectivity index (χ4n) is 3.85. The van der Waals surface area contributed by atoms with Gasteiger partial charge in [0.2, 0.25) is 0 Å². The Morgan fingerprint density at radius 1 is 0.969 bits per heavy atom. The predicted molar refractivity (Wildman–Crippen MR) is 122 cm³/mol. The highest BCUT2D eigenvalue weighted by molar-refractivity contribution is 6.04. The van der Waals surface area contributed by atoms with Gasteiger partial charge in [0.25, 0.3) is 17.0 Å². The predicted octanol–water partition coefficient (Wildman–Crippen LogP) is 1.24. The summed E-state index contributed by atoms with van der Waals surface area (Å²) in [6.07, 6.45) is 0. The summed E-state index contributed by atoms with van der Waals surface area (Å²) >= 11 is 0. The van der Waals surface area contributed by atoms with Crippen molar-refractivity contribution in [1.82, 2.24) is 29.8 Å². The molecule has 1 N–H and O–H groups in total. The summed E-state index contributed by atoms with van der Waals surface area (Å²) < 4.78 is 1.52. The van der Waals surface area contributed by atoms with Gasteiger partial charge < -0.3 is 4.90 Å². The van der Waals surface area contributed by atoms with E-state index in [1.165, 1.54) is 4.68 Å².